The topological polar surface area (TPSA) is 64.1 Å². The molecule has 0 bridgehead atoms. The van der Waals surface area contributed by atoms with Crippen LogP contribution in [0.4, 0.5) is 0 Å². The van der Waals surface area contributed by atoms with E-state index in [0.29, 0.717) is 19.5 Å². The number of nitrogens with one attached hydrogen (secondary N) is 1. The molecule has 0 aliphatic carbocycles. The average molecular weight is 195 g/mol. The van der Waals surface area contributed by atoms with Crippen LogP contribution in [0.2, 0.25) is 0 Å². The fourth-order valence-corrected chi connectivity index (χ4v) is 0.914. The third-order valence-electron chi connectivity index (χ3n) is 1.64. The van der Waals surface area contributed by atoms with Gasteiger partial charge in [-0.2, -0.15) is 0 Å². The van der Waals surface area contributed by atoms with Crippen molar-refractivity contribution in [3.63, 3.8) is 0 Å². The van der Waals surface area contributed by atoms with E-state index >= 15 is 0 Å². The van der Waals surface area contributed by atoms with Crippen molar-refractivity contribution in [2.75, 3.05) is 13.7 Å². The number of esters is 1. The lowest BCUT2D eigenvalue weighted by molar-refractivity contribution is -0.140. The molecule has 1 aromatic rings. The smallest absolute Gasteiger partial charge is 0.306 e. The van der Waals surface area contributed by atoms with Crippen LogP contribution in [0.5, 0.6) is 0 Å². The molecule has 0 aliphatic rings. The number of methoxy groups -OCH3 is 1. The van der Waals surface area contributed by atoms with Gasteiger partial charge >= 0.3 is 5.97 Å². The van der Waals surface area contributed by atoms with E-state index in [1.54, 1.807) is 18.5 Å². The Morgan fingerprint density at radius 3 is 2.86 bits per heavy atom. The maximum absolute atomic E-state index is 10.7. The second kappa shape index (κ2) is 6.04. The zero-order chi connectivity index (χ0) is 10.2. The first kappa shape index (κ1) is 10.6. The Bertz CT molecular complexity index is 277. The first-order valence-corrected chi connectivity index (χ1v) is 4.36. The number of hydrogen-bond donors (Lipinski definition) is 1. The highest BCUT2D eigenvalue weighted by atomic mass is 16.5. The quantitative estimate of drug-likeness (QED) is 0.534. The normalized spacial score (nSPS) is 9.79. The molecule has 0 amide bonds. The Morgan fingerprint density at radius 1 is 1.50 bits per heavy atom. The van der Waals surface area contributed by atoms with E-state index in [4.69, 9.17) is 0 Å². The van der Waals surface area contributed by atoms with Crippen LogP contribution in [0.15, 0.2) is 18.5 Å². The molecule has 0 saturated heterocycles. The van der Waals surface area contributed by atoms with Crippen LogP contribution in [0.25, 0.3) is 0 Å². The first-order chi connectivity index (χ1) is 6.83. The summed E-state index contributed by atoms with van der Waals surface area (Å²) in [5, 5.41) is 3.04. The zero-order valence-electron chi connectivity index (χ0n) is 8.06. The van der Waals surface area contributed by atoms with Crippen LogP contribution in [0.3, 0.4) is 0 Å². The summed E-state index contributed by atoms with van der Waals surface area (Å²) in [6.07, 6.45) is 3.73. The van der Waals surface area contributed by atoms with Crippen molar-refractivity contribution < 1.29 is 9.53 Å². The van der Waals surface area contributed by atoms with Crippen LogP contribution < -0.4 is 5.32 Å². The molecule has 76 valence electrons. The van der Waals surface area contributed by atoms with Crippen molar-refractivity contribution in [2.45, 2.75) is 13.0 Å². The molecule has 0 aromatic carbocycles. The SMILES string of the molecule is COC(=O)CCNCc1ncccn1. The van der Waals surface area contributed by atoms with Gasteiger partial charge in [0.25, 0.3) is 0 Å². The second-order valence-corrected chi connectivity index (χ2v) is 2.67. The Labute approximate surface area is 82.5 Å². The Hall–Kier alpha value is -1.49. The van der Waals surface area contributed by atoms with E-state index in [-0.39, 0.29) is 5.97 Å². The van der Waals surface area contributed by atoms with E-state index in [2.05, 4.69) is 20.0 Å². The van der Waals surface area contributed by atoms with E-state index < -0.39 is 0 Å². The third kappa shape index (κ3) is 3.95. The van der Waals surface area contributed by atoms with Gasteiger partial charge in [-0.1, -0.05) is 0 Å². The standard InChI is InChI=1S/C9H13N3O2/c1-14-9(13)3-6-10-7-8-11-4-2-5-12-8/h2,4-5,10H,3,6-7H2,1H3. The number of hydrogen-bond acceptors (Lipinski definition) is 5. The maximum Gasteiger partial charge on any atom is 0.306 e. The van der Waals surface area contributed by atoms with Gasteiger partial charge in [0.2, 0.25) is 0 Å². The minimum atomic E-state index is -0.216. The van der Waals surface area contributed by atoms with Crippen molar-refractivity contribution in [1.29, 1.82) is 0 Å². The summed E-state index contributed by atoms with van der Waals surface area (Å²) < 4.78 is 4.49. The molecule has 14 heavy (non-hydrogen) atoms. The number of nitrogens with zero attached hydrogens (tertiary/aromatic N) is 2. The maximum atomic E-state index is 10.7. The minimum absolute atomic E-state index is 0.216. The highest BCUT2D eigenvalue weighted by molar-refractivity contribution is 5.69. The number of aromatic nitrogens is 2. The fraction of sp³-hybridized carbons (Fsp3) is 0.444. The molecule has 5 heteroatoms. The average Bonchev–Trinajstić information content (AvgIpc) is 2.25. The van der Waals surface area contributed by atoms with E-state index in [0.717, 1.165) is 5.82 Å². The molecule has 0 atom stereocenters. The summed E-state index contributed by atoms with van der Waals surface area (Å²) in [6.45, 7) is 1.14. The minimum Gasteiger partial charge on any atom is -0.469 e. The Morgan fingerprint density at radius 2 is 2.21 bits per heavy atom. The number of carbonyl (C=O) groups excluding carboxylic acids is 1. The van der Waals surface area contributed by atoms with E-state index in [1.807, 2.05) is 0 Å². The molecule has 0 saturated carbocycles. The highest BCUT2D eigenvalue weighted by Crippen LogP contribution is 1.87. The lowest BCUT2D eigenvalue weighted by Crippen LogP contribution is -2.19. The third-order valence-corrected chi connectivity index (χ3v) is 1.64. The van der Waals surface area contributed by atoms with Gasteiger partial charge in [-0.3, -0.25) is 4.79 Å². The van der Waals surface area contributed by atoms with Crippen molar-refractivity contribution in [3.05, 3.63) is 24.3 Å². The number of ether oxygens (including phenoxy) is 1. The van der Waals surface area contributed by atoms with Gasteiger partial charge in [-0.15, -0.1) is 0 Å². The largest absolute Gasteiger partial charge is 0.469 e. The summed E-state index contributed by atoms with van der Waals surface area (Å²) in [4.78, 5) is 18.8. The van der Waals surface area contributed by atoms with Gasteiger partial charge in [0, 0.05) is 18.9 Å². The van der Waals surface area contributed by atoms with Gasteiger partial charge in [0.1, 0.15) is 5.82 Å². The van der Waals surface area contributed by atoms with Crippen molar-refractivity contribution in [1.82, 2.24) is 15.3 Å². The van der Waals surface area contributed by atoms with Crippen molar-refractivity contribution >= 4 is 5.97 Å². The summed E-state index contributed by atoms with van der Waals surface area (Å²) in [5.41, 5.74) is 0. The molecule has 1 rings (SSSR count). The molecule has 0 aliphatic heterocycles. The fourth-order valence-electron chi connectivity index (χ4n) is 0.914. The van der Waals surface area contributed by atoms with Crippen LogP contribution in [0, 0.1) is 0 Å². The van der Waals surface area contributed by atoms with Crippen LogP contribution >= 0.6 is 0 Å². The van der Waals surface area contributed by atoms with Crippen molar-refractivity contribution in [2.24, 2.45) is 0 Å². The van der Waals surface area contributed by atoms with Gasteiger partial charge in [0.15, 0.2) is 0 Å². The molecule has 0 fully saturated rings. The monoisotopic (exact) mass is 195 g/mol. The zero-order valence-corrected chi connectivity index (χ0v) is 8.06. The van der Waals surface area contributed by atoms with Crippen molar-refractivity contribution in [3.8, 4) is 0 Å². The predicted octanol–water partition coefficient (Wildman–Crippen LogP) is 0.129. The van der Waals surface area contributed by atoms with E-state index in [9.17, 15) is 4.79 Å². The predicted molar refractivity (Wildman–Crippen MR) is 50.4 cm³/mol. The van der Waals surface area contributed by atoms with Gasteiger partial charge < -0.3 is 10.1 Å². The summed E-state index contributed by atoms with van der Waals surface area (Å²) >= 11 is 0. The molecule has 0 unspecified atom stereocenters. The lowest BCUT2D eigenvalue weighted by Gasteiger charge is -2.01. The molecule has 0 radical (unpaired) electrons. The molecule has 1 aromatic heterocycles. The first-order valence-electron chi connectivity index (χ1n) is 4.36. The molecular weight excluding hydrogens is 182 g/mol. The molecule has 1 N–H and O–H groups in total. The molecular formula is C9H13N3O2. The number of rotatable bonds is 5. The van der Waals surface area contributed by atoms with E-state index in [1.165, 1.54) is 7.11 Å². The molecule has 0 spiro atoms. The highest BCUT2D eigenvalue weighted by Gasteiger charge is 1.99. The second-order valence-electron chi connectivity index (χ2n) is 2.67. The summed E-state index contributed by atoms with van der Waals surface area (Å²) in [7, 11) is 1.38. The van der Waals surface area contributed by atoms with Gasteiger partial charge in [0.05, 0.1) is 20.1 Å². The summed E-state index contributed by atoms with van der Waals surface area (Å²) in [6, 6.07) is 1.76. The van der Waals surface area contributed by atoms with Crippen LogP contribution in [-0.2, 0) is 16.1 Å². The number of carbonyl (C=O) groups is 1. The lowest BCUT2D eigenvalue weighted by atomic mass is 10.4. The Balaban J connectivity index is 2.13. The van der Waals surface area contributed by atoms with Gasteiger partial charge in [-0.05, 0) is 6.07 Å². The molecule has 1 heterocycles. The van der Waals surface area contributed by atoms with Crippen LogP contribution in [-0.4, -0.2) is 29.6 Å². The Kier molecular flexibility index (Phi) is 4.57. The molecule has 5 nitrogen and oxygen atoms in total. The summed E-state index contributed by atoms with van der Waals surface area (Å²) in [5.74, 6) is 0.504. The van der Waals surface area contributed by atoms with Crippen LogP contribution in [0.1, 0.15) is 12.2 Å². The van der Waals surface area contributed by atoms with Gasteiger partial charge in [-0.25, -0.2) is 9.97 Å².